The summed E-state index contributed by atoms with van der Waals surface area (Å²) < 4.78 is 35.6. The maximum atomic E-state index is 11.9. The Labute approximate surface area is 97.6 Å². The van der Waals surface area contributed by atoms with E-state index >= 15 is 0 Å². The molecule has 1 rings (SSSR count). The van der Waals surface area contributed by atoms with Crippen LogP contribution in [0.15, 0.2) is 24.3 Å². The molecule has 0 unspecified atom stereocenters. The Morgan fingerprint density at radius 3 is 2.62 bits per heavy atom. The first-order valence-corrected chi connectivity index (χ1v) is 5.50. The van der Waals surface area contributed by atoms with Crippen molar-refractivity contribution in [2.75, 3.05) is 11.9 Å². The molecule has 0 aliphatic rings. The molecule has 0 amide bonds. The number of hydrogen-bond donors (Lipinski definition) is 1. The number of hydrogen-bond acceptors (Lipinski definition) is 1. The SMILES string of the molecule is FC(F)(F)CCCNc1cccc(CCl)c1. The number of nitrogens with one attached hydrogen (secondary N) is 1. The zero-order chi connectivity index (χ0) is 12.0. The second-order valence-electron chi connectivity index (χ2n) is 3.48. The third kappa shape index (κ3) is 5.26. The van der Waals surface area contributed by atoms with Gasteiger partial charge in [0.25, 0.3) is 0 Å². The van der Waals surface area contributed by atoms with Crippen LogP contribution >= 0.6 is 11.6 Å². The average molecular weight is 252 g/mol. The largest absolute Gasteiger partial charge is 0.389 e. The number of alkyl halides is 4. The van der Waals surface area contributed by atoms with Gasteiger partial charge in [0, 0.05) is 24.5 Å². The van der Waals surface area contributed by atoms with Crippen molar-refractivity contribution >= 4 is 17.3 Å². The van der Waals surface area contributed by atoms with Gasteiger partial charge in [0.15, 0.2) is 0 Å². The van der Waals surface area contributed by atoms with Crippen LogP contribution in [0.1, 0.15) is 18.4 Å². The van der Waals surface area contributed by atoms with Gasteiger partial charge in [-0.2, -0.15) is 13.2 Å². The molecule has 0 saturated heterocycles. The molecule has 1 N–H and O–H groups in total. The van der Waals surface area contributed by atoms with E-state index in [4.69, 9.17) is 11.6 Å². The quantitative estimate of drug-likeness (QED) is 0.611. The molecule has 0 heterocycles. The summed E-state index contributed by atoms with van der Waals surface area (Å²) in [7, 11) is 0. The smallest absolute Gasteiger partial charge is 0.385 e. The highest BCUT2D eigenvalue weighted by molar-refractivity contribution is 6.17. The number of rotatable bonds is 5. The van der Waals surface area contributed by atoms with Crippen molar-refractivity contribution in [1.29, 1.82) is 0 Å². The van der Waals surface area contributed by atoms with Crippen molar-refractivity contribution in [3.63, 3.8) is 0 Å². The average Bonchev–Trinajstić information content (AvgIpc) is 2.23. The first-order valence-electron chi connectivity index (χ1n) is 4.97. The van der Waals surface area contributed by atoms with Gasteiger partial charge in [0.2, 0.25) is 0 Å². The lowest BCUT2D eigenvalue weighted by Crippen LogP contribution is -2.10. The Morgan fingerprint density at radius 2 is 2.00 bits per heavy atom. The van der Waals surface area contributed by atoms with Crippen molar-refractivity contribution in [2.24, 2.45) is 0 Å². The lowest BCUT2D eigenvalue weighted by molar-refractivity contribution is -0.134. The summed E-state index contributed by atoms with van der Waals surface area (Å²) >= 11 is 5.64. The predicted molar refractivity (Wildman–Crippen MR) is 59.8 cm³/mol. The summed E-state index contributed by atoms with van der Waals surface area (Å²) in [5, 5.41) is 2.93. The number of anilines is 1. The molecule has 0 fully saturated rings. The van der Waals surface area contributed by atoms with Crippen molar-refractivity contribution in [3.05, 3.63) is 29.8 Å². The number of benzene rings is 1. The molecular formula is C11H13ClF3N. The molecule has 0 aliphatic carbocycles. The van der Waals surface area contributed by atoms with E-state index in [9.17, 15) is 13.2 Å². The van der Waals surface area contributed by atoms with Crippen LogP contribution < -0.4 is 5.32 Å². The van der Waals surface area contributed by atoms with Crippen LogP contribution in [0.3, 0.4) is 0 Å². The Morgan fingerprint density at radius 1 is 1.25 bits per heavy atom. The van der Waals surface area contributed by atoms with Crippen LogP contribution in [-0.2, 0) is 5.88 Å². The van der Waals surface area contributed by atoms with Crippen molar-refractivity contribution in [2.45, 2.75) is 24.9 Å². The van der Waals surface area contributed by atoms with Crippen molar-refractivity contribution in [1.82, 2.24) is 0 Å². The molecule has 0 aliphatic heterocycles. The van der Waals surface area contributed by atoms with Gasteiger partial charge in [-0.15, -0.1) is 11.6 Å². The van der Waals surface area contributed by atoms with E-state index < -0.39 is 12.6 Å². The van der Waals surface area contributed by atoms with Gasteiger partial charge in [-0.1, -0.05) is 12.1 Å². The topological polar surface area (TPSA) is 12.0 Å². The summed E-state index contributed by atoms with van der Waals surface area (Å²) in [6.07, 6.45) is -4.75. The predicted octanol–water partition coefficient (Wildman–Crippen LogP) is 4.18. The van der Waals surface area contributed by atoms with Crippen molar-refractivity contribution in [3.8, 4) is 0 Å². The number of halogens is 4. The standard InChI is InChI=1S/C11H13ClF3N/c12-8-9-3-1-4-10(7-9)16-6-2-5-11(13,14)15/h1,3-4,7,16H,2,5-6,8H2. The fourth-order valence-corrected chi connectivity index (χ4v) is 1.45. The minimum atomic E-state index is -4.07. The van der Waals surface area contributed by atoms with Crippen molar-refractivity contribution < 1.29 is 13.2 Å². The van der Waals surface area contributed by atoms with Gasteiger partial charge in [0.05, 0.1) is 0 Å². The van der Waals surface area contributed by atoms with Gasteiger partial charge >= 0.3 is 6.18 Å². The molecule has 0 saturated carbocycles. The van der Waals surface area contributed by atoms with E-state index in [1.54, 1.807) is 0 Å². The van der Waals surface area contributed by atoms with E-state index in [0.717, 1.165) is 11.3 Å². The van der Waals surface area contributed by atoms with Gasteiger partial charge < -0.3 is 5.32 Å². The van der Waals surface area contributed by atoms with E-state index in [1.807, 2.05) is 24.3 Å². The highest BCUT2D eigenvalue weighted by atomic mass is 35.5. The van der Waals surface area contributed by atoms with Crippen LogP contribution in [0.2, 0.25) is 0 Å². The molecule has 1 nitrogen and oxygen atoms in total. The van der Waals surface area contributed by atoms with E-state index in [0.29, 0.717) is 12.4 Å². The second kappa shape index (κ2) is 5.99. The Hall–Kier alpha value is -0.900. The molecule has 0 atom stereocenters. The molecule has 0 aromatic heterocycles. The lowest BCUT2D eigenvalue weighted by atomic mass is 10.2. The monoisotopic (exact) mass is 251 g/mol. The van der Waals surface area contributed by atoms with Crippen LogP contribution in [-0.4, -0.2) is 12.7 Å². The first kappa shape index (κ1) is 13.2. The second-order valence-corrected chi connectivity index (χ2v) is 3.75. The lowest BCUT2D eigenvalue weighted by Gasteiger charge is -2.09. The molecule has 5 heteroatoms. The summed E-state index contributed by atoms with van der Waals surface area (Å²) in [6, 6.07) is 7.34. The fraction of sp³-hybridized carbons (Fsp3) is 0.455. The molecule has 16 heavy (non-hydrogen) atoms. The molecule has 0 radical (unpaired) electrons. The highest BCUT2D eigenvalue weighted by Crippen LogP contribution is 2.21. The molecular weight excluding hydrogens is 239 g/mol. The molecule has 90 valence electrons. The zero-order valence-electron chi connectivity index (χ0n) is 8.65. The highest BCUT2D eigenvalue weighted by Gasteiger charge is 2.25. The molecule has 0 spiro atoms. The van der Waals surface area contributed by atoms with Gasteiger partial charge in [-0.25, -0.2) is 0 Å². The van der Waals surface area contributed by atoms with E-state index in [2.05, 4.69) is 5.32 Å². The fourth-order valence-electron chi connectivity index (χ4n) is 1.29. The maximum absolute atomic E-state index is 11.9. The van der Waals surface area contributed by atoms with Gasteiger partial charge in [0.1, 0.15) is 0 Å². The Bertz CT molecular complexity index is 325. The van der Waals surface area contributed by atoms with E-state index in [-0.39, 0.29) is 6.42 Å². The minimum absolute atomic E-state index is 0.0780. The normalized spacial score (nSPS) is 11.5. The van der Waals surface area contributed by atoms with Crippen LogP contribution in [0.25, 0.3) is 0 Å². The molecule has 1 aromatic carbocycles. The van der Waals surface area contributed by atoms with E-state index in [1.165, 1.54) is 0 Å². The van der Waals surface area contributed by atoms with Gasteiger partial charge in [-0.05, 0) is 24.1 Å². The third-order valence-electron chi connectivity index (χ3n) is 2.05. The summed E-state index contributed by atoms with van der Waals surface area (Å²) in [5.74, 6) is 0.401. The molecule has 1 aromatic rings. The maximum Gasteiger partial charge on any atom is 0.389 e. The summed E-state index contributed by atoms with van der Waals surface area (Å²) in [5.41, 5.74) is 1.75. The third-order valence-corrected chi connectivity index (χ3v) is 2.36. The Kier molecular flexibility index (Phi) is 4.93. The minimum Gasteiger partial charge on any atom is -0.385 e. The first-order chi connectivity index (χ1) is 7.51. The van der Waals surface area contributed by atoms with Crippen LogP contribution in [0.4, 0.5) is 18.9 Å². The summed E-state index contributed by atoms with van der Waals surface area (Å²) in [6.45, 7) is 0.311. The van der Waals surface area contributed by atoms with Crippen LogP contribution in [0.5, 0.6) is 0 Å². The Balaban J connectivity index is 2.32. The van der Waals surface area contributed by atoms with Crippen LogP contribution in [0, 0.1) is 0 Å². The van der Waals surface area contributed by atoms with Gasteiger partial charge in [-0.3, -0.25) is 0 Å². The summed E-state index contributed by atoms with van der Waals surface area (Å²) in [4.78, 5) is 0. The molecule has 0 bridgehead atoms. The zero-order valence-corrected chi connectivity index (χ0v) is 9.41.